The molecule has 2 aromatic heterocycles. The summed E-state index contributed by atoms with van der Waals surface area (Å²) in [5.41, 5.74) is 12.5. The summed E-state index contributed by atoms with van der Waals surface area (Å²) in [4.78, 5) is 32.7. The van der Waals surface area contributed by atoms with E-state index in [1.807, 2.05) is 31.2 Å². The number of benzene rings is 1. The van der Waals surface area contributed by atoms with Gasteiger partial charge in [0, 0.05) is 25.0 Å². The monoisotopic (exact) mass is 368 g/mol. The minimum absolute atomic E-state index is 0.0134. The Morgan fingerprint density at radius 3 is 2.59 bits per heavy atom. The van der Waals surface area contributed by atoms with E-state index in [4.69, 9.17) is 16.6 Å². The number of aryl methyl sites for hydroxylation is 1. The van der Waals surface area contributed by atoms with E-state index in [0.717, 1.165) is 11.3 Å². The average Bonchev–Trinajstić information content (AvgIpc) is 2.63. The second-order valence-electron chi connectivity index (χ2n) is 5.92. The fourth-order valence-corrected chi connectivity index (χ4v) is 2.87. The summed E-state index contributed by atoms with van der Waals surface area (Å²) in [5, 5.41) is 12.2. The second kappa shape index (κ2) is 7.42. The van der Waals surface area contributed by atoms with Crippen molar-refractivity contribution in [3.63, 3.8) is 0 Å². The van der Waals surface area contributed by atoms with Gasteiger partial charge in [0.1, 0.15) is 11.4 Å². The SMILES string of the molecule is CCn1c(N)c(C(N)=O)c(=O)c2cnc(Nc3ccc(CCO)cc3)nc21. The van der Waals surface area contributed by atoms with Crippen LogP contribution in [-0.2, 0) is 13.0 Å². The number of primary amides is 1. The number of rotatable bonds is 6. The molecule has 0 spiro atoms. The molecule has 9 nitrogen and oxygen atoms in total. The fourth-order valence-electron chi connectivity index (χ4n) is 2.87. The van der Waals surface area contributed by atoms with Crippen molar-refractivity contribution >= 4 is 34.4 Å². The molecule has 0 fully saturated rings. The van der Waals surface area contributed by atoms with Crippen molar-refractivity contribution in [3.8, 4) is 0 Å². The molecule has 2 heterocycles. The van der Waals surface area contributed by atoms with Crippen molar-refractivity contribution in [1.29, 1.82) is 0 Å². The summed E-state index contributed by atoms with van der Waals surface area (Å²) >= 11 is 0. The normalized spacial score (nSPS) is 10.9. The summed E-state index contributed by atoms with van der Waals surface area (Å²) < 4.78 is 1.55. The van der Waals surface area contributed by atoms with Gasteiger partial charge < -0.3 is 26.5 Å². The van der Waals surface area contributed by atoms with Crippen LogP contribution in [0.25, 0.3) is 11.0 Å². The molecule has 140 valence electrons. The van der Waals surface area contributed by atoms with Crippen molar-refractivity contribution in [2.24, 2.45) is 5.73 Å². The largest absolute Gasteiger partial charge is 0.396 e. The highest BCUT2D eigenvalue weighted by atomic mass is 16.3. The molecule has 1 amide bonds. The molecule has 0 unspecified atom stereocenters. The zero-order valence-corrected chi connectivity index (χ0v) is 14.8. The molecule has 0 aliphatic rings. The third-order valence-corrected chi connectivity index (χ3v) is 4.22. The standard InChI is InChI=1S/C18H20N6O3/c1-2-24-15(19)13(16(20)27)14(26)12-9-21-18(23-17(12)24)22-11-5-3-10(4-6-11)7-8-25/h3-6,9,25H,2,7-8,19H2,1H3,(H2,20,27)(H,21,22,23). The molecule has 0 aliphatic heterocycles. The molecule has 0 atom stereocenters. The summed E-state index contributed by atoms with van der Waals surface area (Å²) in [6.45, 7) is 2.30. The molecule has 0 saturated heterocycles. The van der Waals surface area contributed by atoms with E-state index in [2.05, 4.69) is 15.3 Å². The van der Waals surface area contributed by atoms with E-state index < -0.39 is 11.3 Å². The van der Waals surface area contributed by atoms with Crippen LogP contribution in [0.15, 0.2) is 35.3 Å². The molecule has 0 saturated carbocycles. The maximum absolute atomic E-state index is 12.5. The fraction of sp³-hybridized carbons (Fsp3) is 0.222. The van der Waals surface area contributed by atoms with E-state index in [9.17, 15) is 9.59 Å². The summed E-state index contributed by atoms with van der Waals surface area (Å²) in [7, 11) is 0. The van der Waals surface area contributed by atoms with Gasteiger partial charge in [-0.05, 0) is 31.0 Å². The minimum Gasteiger partial charge on any atom is -0.396 e. The highest BCUT2D eigenvalue weighted by Gasteiger charge is 2.19. The maximum Gasteiger partial charge on any atom is 0.256 e. The van der Waals surface area contributed by atoms with Crippen LogP contribution in [0, 0.1) is 0 Å². The molecular formula is C18H20N6O3. The first-order valence-electron chi connectivity index (χ1n) is 8.41. The van der Waals surface area contributed by atoms with E-state index >= 15 is 0 Å². The number of aromatic nitrogens is 3. The van der Waals surface area contributed by atoms with E-state index in [-0.39, 0.29) is 29.3 Å². The summed E-state index contributed by atoms with van der Waals surface area (Å²) in [6, 6.07) is 7.46. The van der Waals surface area contributed by atoms with Gasteiger partial charge in [0.2, 0.25) is 11.4 Å². The lowest BCUT2D eigenvalue weighted by Crippen LogP contribution is -2.28. The first kappa shape index (κ1) is 18.3. The van der Waals surface area contributed by atoms with Gasteiger partial charge >= 0.3 is 0 Å². The van der Waals surface area contributed by atoms with Gasteiger partial charge in [0.05, 0.1) is 5.39 Å². The molecule has 0 aliphatic carbocycles. The molecule has 1 aromatic carbocycles. The number of carbonyl (C=O) groups is 1. The molecular weight excluding hydrogens is 348 g/mol. The van der Waals surface area contributed by atoms with Crippen LogP contribution in [-0.4, -0.2) is 32.2 Å². The topological polar surface area (TPSA) is 149 Å². The molecule has 6 N–H and O–H groups in total. The quantitative estimate of drug-likeness (QED) is 0.502. The molecule has 0 radical (unpaired) electrons. The zero-order chi connectivity index (χ0) is 19.6. The highest BCUT2D eigenvalue weighted by Crippen LogP contribution is 2.19. The van der Waals surface area contributed by atoms with Crippen molar-refractivity contribution in [3.05, 3.63) is 51.8 Å². The number of aliphatic hydroxyl groups is 1. The average molecular weight is 368 g/mol. The van der Waals surface area contributed by atoms with E-state index in [1.165, 1.54) is 6.20 Å². The number of carbonyl (C=O) groups excluding carboxylic acids is 1. The van der Waals surface area contributed by atoms with Gasteiger partial charge in [-0.15, -0.1) is 0 Å². The van der Waals surface area contributed by atoms with Crippen molar-refractivity contribution < 1.29 is 9.90 Å². The Bertz CT molecular complexity index is 1060. The number of nitrogens with zero attached hydrogens (tertiary/aromatic N) is 3. The Kier molecular flexibility index (Phi) is 5.04. The zero-order valence-electron chi connectivity index (χ0n) is 14.8. The second-order valence-corrected chi connectivity index (χ2v) is 5.92. The van der Waals surface area contributed by atoms with Crippen molar-refractivity contribution in [2.45, 2.75) is 19.9 Å². The summed E-state index contributed by atoms with van der Waals surface area (Å²) in [5.74, 6) is -0.613. The van der Waals surface area contributed by atoms with Crippen LogP contribution in [0.1, 0.15) is 22.8 Å². The number of amides is 1. The number of nitrogen functional groups attached to an aromatic ring is 1. The van der Waals surface area contributed by atoms with Gasteiger partial charge in [-0.25, -0.2) is 4.98 Å². The lowest BCUT2D eigenvalue weighted by Gasteiger charge is -2.14. The minimum atomic E-state index is -0.883. The molecule has 9 heteroatoms. The first-order chi connectivity index (χ1) is 13.0. The number of nitrogens with two attached hydrogens (primary N) is 2. The Hall–Kier alpha value is -3.46. The Balaban J connectivity index is 2.05. The third kappa shape index (κ3) is 3.44. The first-order valence-corrected chi connectivity index (χ1v) is 8.41. The lowest BCUT2D eigenvalue weighted by atomic mass is 10.1. The molecule has 27 heavy (non-hydrogen) atoms. The molecule has 3 aromatic rings. The Morgan fingerprint density at radius 1 is 1.30 bits per heavy atom. The number of nitrogens with one attached hydrogen (secondary N) is 1. The van der Waals surface area contributed by atoms with Crippen LogP contribution in [0.2, 0.25) is 0 Å². The molecule has 0 bridgehead atoms. The lowest BCUT2D eigenvalue weighted by molar-refractivity contribution is 0.1000. The van der Waals surface area contributed by atoms with Gasteiger partial charge in [-0.1, -0.05) is 12.1 Å². The van der Waals surface area contributed by atoms with Crippen LogP contribution in [0.3, 0.4) is 0 Å². The van der Waals surface area contributed by atoms with E-state index in [0.29, 0.717) is 18.6 Å². The van der Waals surface area contributed by atoms with Crippen LogP contribution in [0.4, 0.5) is 17.5 Å². The molecule has 3 rings (SSSR count). The smallest absolute Gasteiger partial charge is 0.256 e. The number of anilines is 3. The van der Waals surface area contributed by atoms with Crippen LogP contribution < -0.4 is 22.2 Å². The Morgan fingerprint density at radius 2 is 2.00 bits per heavy atom. The number of hydrogen-bond donors (Lipinski definition) is 4. The number of pyridine rings is 1. The van der Waals surface area contributed by atoms with Gasteiger partial charge in [0.15, 0.2) is 5.65 Å². The third-order valence-electron chi connectivity index (χ3n) is 4.22. The predicted molar refractivity (Wildman–Crippen MR) is 103 cm³/mol. The highest BCUT2D eigenvalue weighted by molar-refractivity contribution is 6.00. The van der Waals surface area contributed by atoms with E-state index in [1.54, 1.807) is 4.57 Å². The van der Waals surface area contributed by atoms with Crippen LogP contribution in [0.5, 0.6) is 0 Å². The van der Waals surface area contributed by atoms with Gasteiger partial charge in [0.25, 0.3) is 5.91 Å². The number of hydrogen-bond acceptors (Lipinski definition) is 7. The van der Waals surface area contributed by atoms with Crippen LogP contribution >= 0.6 is 0 Å². The van der Waals surface area contributed by atoms with Crippen molar-refractivity contribution in [2.75, 3.05) is 17.7 Å². The van der Waals surface area contributed by atoms with Crippen molar-refractivity contribution in [1.82, 2.24) is 14.5 Å². The van der Waals surface area contributed by atoms with Gasteiger partial charge in [-0.3, -0.25) is 9.59 Å². The Labute approximate surface area is 154 Å². The predicted octanol–water partition coefficient (Wildman–Crippen LogP) is 0.771. The number of aliphatic hydroxyl groups excluding tert-OH is 1. The number of fused-ring (bicyclic) bond motifs is 1. The maximum atomic E-state index is 12.5. The van der Waals surface area contributed by atoms with Gasteiger partial charge in [-0.2, -0.15) is 4.98 Å². The summed E-state index contributed by atoms with van der Waals surface area (Å²) in [6.07, 6.45) is 1.93.